The van der Waals surface area contributed by atoms with E-state index in [2.05, 4.69) is 4.90 Å². The van der Waals surface area contributed by atoms with Crippen molar-refractivity contribution in [2.45, 2.75) is 46.1 Å². The molecule has 2 aliphatic heterocycles. The van der Waals surface area contributed by atoms with Crippen molar-refractivity contribution >= 4 is 17.6 Å². The first-order chi connectivity index (χ1) is 15.3. The third-order valence-corrected chi connectivity index (χ3v) is 7.78. The Bertz CT molecular complexity index is 873. The number of hydrogen-bond acceptors (Lipinski definition) is 4. The fourth-order valence-electron chi connectivity index (χ4n) is 5.20. The largest absolute Gasteiger partial charge is 0.340 e. The second-order valence-electron chi connectivity index (χ2n) is 9.82. The standard InChI is InChI=1S/C25H34FN3O3/c1-3-18(2)22(30)24(32)28-9-7-25(8-10-28)16-21(25)23(31)29-13-11-27(12-14-29)17-19-5-4-6-20(26)15-19/h4-6,15,18,21H,3,7-14,16-17H2,1-2H3/t18-,21-/m1/s1. The highest BCUT2D eigenvalue weighted by Gasteiger charge is 2.59. The average molecular weight is 444 g/mol. The number of piperidine rings is 1. The van der Waals surface area contributed by atoms with E-state index in [9.17, 15) is 18.8 Å². The first-order valence-corrected chi connectivity index (χ1v) is 11.9. The molecule has 1 spiro atoms. The Kier molecular flexibility index (Phi) is 6.65. The highest BCUT2D eigenvalue weighted by Crippen LogP contribution is 2.60. The smallest absolute Gasteiger partial charge is 0.290 e. The number of halogens is 1. The summed E-state index contributed by atoms with van der Waals surface area (Å²) in [5.74, 6) is -0.790. The van der Waals surface area contributed by atoms with Crippen molar-refractivity contribution in [3.8, 4) is 0 Å². The van der Waals surface area contributed by atoms with Crippen molar-refractivity contribution in [3.63, 3.8) is 0 Å². The van der Waals surface area contributed by atoms with E-state index in [-0.39, 0.29) is 40.7 Å². The number of amides is 2. The van der Waals surface area contributed by atoms with Crippen LogP contribution in [0, 0.1) is 23.1 Å². The van der Waals surface area contributed by atoms with Gasteiger partial charge in [0.15, 0.2) is 0 Å². The van der Waals surface area contributed by atoms with Gasteiger partial charge in [0.1, 0.15) is 5.82 Å². The quantitative estimate of drug-likeness (QED) is 0.635. The number of Topliss-reactive ketones (excluding diaryl/α,β-unsaturated/α-hetero) is 1. The summed E-state index contributed by atoms with van der Waals surface area (Å²) >= 11 is 0. The molecule has 0 aromatic heterocycles. The molecule has 0 bridgehead atoms. The Morgan fingerprint density at radius 1 is 1.06 bits per heavy atom. The Morgan fingerprint density at radius 2 is 1.75 bits per heavy atom. The van der Waals surface area contributed by atoms with E-state index in [1.54, 1.807) is 24.0 Å². The number of benzene rings is 1. The maximum Gasteiger partial charge on any atom is 0.290 e. The molecule has 3 fully saturated rings. The minimum absolute atomic E-state index is 0.0198. The number of likely N-dealkylation sites (tertiary alicyclic amines) is 1. The zero-order valence-electron chi connectivity index (χ0n) is 19.2. The third-order valence-electron chi connectivity index (χ3n) is 7.78. The molecule has 6 nitrogen and oxygen atoms in total. The molecule has 2 saturated heterocycles. The van der Waals surface area contributed by atoms with Crippen molar-refractivity contribution in [1.82, 2.24) is 14.7 Å². The van der Waals surface area contributed by atoms with Crippen molar-refractivity contribution in [2.24, 2.45) is 17.3 Å². The molecule has 4 rings (SSSR count). The summed E-state index contributed by atoms with van der Waals surface area (Å²) in [6, 6.07) is 6.69. The molecule has 2 atom stereocenters. The van der Waals surface area contributed by atoms with Crippen LogP contribution in [0.25, 0.3) is 0 Å². The van der Waals surface area contributed by atoms with Crippen molar-refractivity contribution < 1.29 is 18.8 Å². The molecule has 0 N–H and O–H groups in total. The summed E-state index contributed by atoms with van der Waals surface area (Å²) in [5.41, 5.74) is 0.977. The molecule has 174 valence electrons. The lowest BCUT2D eigenvalue weighted by Gasteiger charge is -2.36. The van der Waals surface area contributed by atoms with E-state index in [4.69, 9.17) is 0 Å². The van der Waals surface area contributed by atoms with Gasteiger partial charge in [-0.1, -0.05) is 26.0 Å². The first kappa shape index (κ1) is 22.9. The molecule has 3 aliphatic rings. The van der Waals surface area contributed by atoms with Crippen LogP contribution in [-0.4, -0.2) is 71.6 Å². The van der Waals surface area contributed by atoms with Crippen LogP contribution in [0.2, 0.25) is 0 Å². The van der Waals surface area contributed by atoms with Gasteiger partial charge in [0.2, 0.25) is 11.7 Å². The fourth-order valence-corrected chi connectivity index (χ4v) is 5.20. The normalized spacial score (nSPS) is 23.8. The number of hydrogen-bond donors (Lipinski definition) is 0. The summed E-state index contributed by atoms with van der Waals surface area (Å²) in [5, 5.41) is 0. The minimum atomic E-state index is -0.354. The van der Waals surface area contributed by atoms with Crippen molar-refractivity contribution in [1.29, 1.82) is 0 Å². The van der Waals surface area contributed by atoms with Crippen LogP contribution in [0.5, 0.6) is 0 Å². The molecule has 1 aliphatic carbocycles. The fraction of sp³-hybridized carbons (Fsp3) is 0.640. The van der Waals surface area contributed by atoms with Gasteiger partial charge in [0.25, 0.3) is 5.91 Å². The first-order valence-electron chi connectivity index (χ1n) is 11.9. The molecular weight excluding hydrogens is 409 g/mol. The number of carbonyl (C=O) groups excluding carboxylic acids is 3. The van der Waals surface area contributed by atoms with E-state index in [0.717, 1.165) is 37.9 Å². The molecular formula is C25H34FN3O3. The van der Waals surface area contributed by atoms with E-state index in [0.29, 0.717) is 39.1 Å². The topological polar surface area (TPSA) is 60.9 Å². The number of rotatable bonds is 6. The predicted octanol–water partition coefficient (Wildman–Crippen LogP) is 2.71. The van der Waals surface area contributed by atoms with Gasteiger partial charge in [0.05, 0.1) is 0 Å². The van der Waals surface area contributed by atoms with E-state index in [1.807, 2.05) is 17.9 Å². The summed E-state index contributed by atoms with van der Waals surface area (Å²) in [6.07, 6.45) is 3.19. The maximum absolute atomic E-state index is 13.4. The summed E-state index contributed by atoms with van der Waals surface area (Å²) in [7, 11) is 0. The van der Waals surface area contributed by atoms with E-state index in [1.165, 1.54) is 6.07 Å². The molecule has 1 aromatic rings. The van der Waals surface area contributed by atoms with Gasteiger partial charge in [-0.05, 0) is 48.8 Å². The Balaban J connectivity index is 1.23. The van der Waals surface area contributed by atoms with Gasteiger partial charge in [-0.2, -0.15) is 0 Å². The molecule has 0 unspecified atom stereocenters. The predicted molar refractivity (Wildman–Crippen MR) is 119 cm³/mol. The van der Waals surface area contributed by atoms with Crippen LogP contribution in [0.4, 0.5) is 4.39 Å². The number of piperazine rings is 1. The van der Waals surface area contributed by atoms with Crippen molar-refractivity contribution in [3.05, 3.63) is 35.6 Å². The second kappa shape index (κ2) is 9.30. The lowest BCUT2D eigenvalue weighted by molar-refractivity contribution is -0.147. The highest BCUT2D eigenvalue weighted by atomic mass is 19.1. The monoisotopic (exact) mass is 443 g/mol. The van der Waals surface area contributed by atoms with Crippen LogP contribution in [0.1, 0.15) is 45.1 Å². The van der Waals surface area contributed by atoms with Gasteiger partial charge in [0, 0.05) is 57.6 Å². The highest BCUT2D eigenvalue weighted by molar-refractivity contribution is 6.36. The maximum atomic E-state index is 13.4. The zero-order valence-corrected chi connectivity index (χ0v) is 19.2. The Hall–Kier alpha value is -2.28. The van der Waals surface area contributed by atoms with Crippen LogP contribution in [-0.2, 0) is 20.9 Å². The van der Waals surface area contributed by atoms with Gasteiger partial charge in [-0.25, -0.2) is 4.39 Å². The van der Waals surface area contributed by atoms with Crippen LogP contribution in [0.3, 0.4) is 0 Å². The van der Waals surface area contributed by atoms with Crippen LogP contribution in [0.15, 0.2) is 24.3 Å². The third kappa shape index (κ3) is 4.72. The van der Waals surface area contributed by atoms with Gasteiger partial charge >= 0.3 is 0 Å². The molecule has 0 radical (unpaired) electrons. The summed E-state index contributed by atoms with van der Waals surface area (Å²) in [6.45, 7) is 8.57. The Morgan fingerprint density at radius 3 is 2.38 bits per heavy atom. The molecule has 2 amide bonds. The van der Waals surface area contributed by atoms with Crippen LogP contribution < -0.4 is 0 Å². The van der Waals surface area contributed by atoms with Crippen molar-refractivity contribution in [2.75, 3.05) is 39.3 Å². The molecule has 1 aromatic carbocycles. The molecule has 7 heteroatoms. The molecule has 1 saturated carbocycles. The molecule has 32 heavy (non-hydrogen) atoms. The second-order valence-corrected chi connectivity index (χ2v) is 9.82. The van der Waals surface area contributed by atoms with E-state index >= 15 is 0 Å². The zero-order chi connectivity index (χ0) is 22.9. The SMILES string of the molecule is CC[C@@H](C)C(=O)C(=O)N1CCC2(CC1)C[C@@H]2C(=O)N1CCN(Cc2cccc(F)c2)CC1. The lowest BCUT2D eigenvalue weighted by atomic mass is 9.89. The summed E-state index contributed by atoms with van der Waals surface area (Å²) < 4.78 is 13.4. The summed E-state index contributed by atoms with van der Waals surface area (Å²) in [4.78, 5) is 43.7. The van der Waals surface area contributed by atoms with Gasteiger partial charge < -0.3 is 9.80 Å². The molecule has 2 heterocycles. The lowest BCUT2D eigenvalue weighted by Crippen LogP contribution is -2.49. The Labute approximate surface area is 189 Å². The number of ketones is 1. The average Bonchev–Trinajstić information content (AvgIpc) is 3.51. The van der Waals surface area contributed by atoms with Crippen LogP contribution >= 0.6 is 0 Å². The van der Waals surface area contributed by atoms with Gasteiger partial charge in [-0.3, -0.25) is 19.3 Å². The number of nitrogens with zero attached hydrogens (tertiary/aromatic N) is 3. The minimum Gasteiger partial charge on any atom is -0.340 e. The van der Waals surface area contributed by atoms with E-state index < -0.39 is 0 Å². The number of carbonyl (C=O) groups is 3. The van der Waals surface area contributed by atoms with Gasteiger partial charge in [-0.15, -0.1) is 0 Å².